The minimum atomic E-state index is -4.88. The summed E-state index contributed by atoms with van der Waals surface area (Å²) >= 11 is 0. The van der Waals surface area contributed by atoms with E-state index >= 15 is 0 Å². The SMILES string of the molecule is O=S(=O)([O-])Oc1ccc(C(c2ccncc2)c2ccc(OS(=O)(=O)[O-])cc2)cc1.[Na+].[Na+]. The molecule has 0 unspecified atom stereocenters. The summed E-state index contributed by atoms with van der Waals surface area (Å²) in [5.41, 5.74) is 2.31. The smallest absolute Gasteiger partial charge is 0.716 e. The molecule has 1 heterocycles. The average molecular weight is 481 g/mol. The number of hydrogen-bond acceptors (Lipinski definition) is 9. The van der Waals surface area contributed by atoms with E-state index in [1.807, 2.05) is 0 Å². The van der Waals surface area contributed by atoms with E-state index in [0.717, 1.165) is 16.7 Å². The summed E-state index contributed by atoms with van der Waals surface area (Å²) in [7, 11) is -9.76. The number of aromatic nitrogens is 1. The van der Waals surface area contributed by atoms with E-state index in [2.05, 4.69) is 13.4 Å². The van der Waals surface area contributed by atoms with E-state index in [9.17, 15) is 25.9 Å². The Balaban J connectivity index is 0.00000240. The molecule has 2 aromatic carbocycles. The maximum atomic E-state index is 10.7. The van der Waals surface area contributed by atoms with Crippen molar-refractivity contribution in [1.82, 2.24) is 4.98 Å². The van der Waals surface area contributed by atoms with Crippen LogP contribution in [0.25, 0.3) is 0 Å². The molecule has 3 rings (SSSR count). The van der Waals surface area contributed by atoms with Gasteiger partial charge in [-0.3, -0.25) is 4.98 Å². The van der Waals surface area contributed by atoms with Crippen LogP contribution in [0.3, 0.4) is 0 Å². The average Bonchev–Trinajstić information content (AvgIpc) is 2.63. The van der Waals surface area contributed by atoms with Gasteiger partial charge in [0.05, 0.1) is 0 Å². The van der Waals surface area contributed by atoms with Crippen LogP contribution in [0, 0.1) is 0 Å². The molecule has 0 saturated heterocycles. The van der Waals surface area contributed by atoms with Gasteiger partial charge < -0.3 is 17.5 Å². The molecule has 0 aliphatic heterocycles. The third kappa shape index (κ3) is 8.81. The fourth-order valence-corrected chi connectivity index (χ4v) is 3.49. The first-order chi connectivity index (χ1) is 13.6. The molecule has 13 heteroatoms. The van der Waals surface area contributed by atoms with Gasteiger partial charge in [-0.2, -0.15) is 0 Å². The normalized spacial score (nSPS) is 11.2. The summed E-state index contributed by atoms with van der Waals surface area (Å²) < 4.78 is 73.0. The van der Waals surface area contributed by atoms with Crippen LogP contribution in [-0.4, -0.2) is 30.9 Å². The molecule has 3 aromatic rings. The molecule has 0 spiro atoms. The fourth-order valence-electron chi connectivity index (χ4n) is 2.80. The fraction of sp³-hybridized carbons (Fsp3) is 0.0556. The van der Waals surface area contributed by atoms with Gasteiger partial charge in [-0.1, -0.05) is 24.3 Å². The first-order valence-electron chi connectivity index (χ1n) is 8.01. The Kier molecular flexibility index (Phi) is 10.6. The maximum absolute atomic E-state index is 10.7. The summed E-state index contributed by atoms with van der Waals surface area (Å²) in [6, 6.07) is 15.3. The molecule has 0 N–H and O–H groups in total. The standard InChI is InChI=1S/C18H15NO8S2.2Na/c20-28(21,22)26-16-5-1-13(2-6-16)18(15-9-11-19-12-10-15)14-3-7-17(8-4-14)27-29(23,24)25;;/h1-12,18H,(H,20,21,22)(H,23,24,25);;/q;2*+1/p-2. The molecule has 0 amide bonds. The number of rotatable bonds is 7. The molecule has 0 fully saturated rings. The van der Waals surface area contributed by atoms with Crippen LogP contribution in [0.1, 0.15) is 22.6 Å². The van der Waals surface area contributed by atoms with Crippen LogP contribution < -0.4 is 67.5 Å². The second-order valence-electron chi connectivity index (χ2n) is 5.83. The summed E-state index contributed by atoms with van der Waals surface area (Å²) in [5.74, 6) is -0.586. The van der Waals surface area contributed by atoms with Gasteiger partial charge in [0.25, 0.3) is 20.8 Å². The predicted octanol–water partition coefficient (Wildman–Crippen LogP) is -4.05. The van der Waals surface area contributed by atoms with Gasteiger partial charge in [0.1, 0.15) is 11.5 Å². The quantitative estimate of drug-likeness (QED) is 0.187. The molecular weight excluding hydrogens is 468 g/mol. The van der Waals surface area contributed by atoms with Gasteiger partial charge >= 0.3 is 59.1 Å². The van der Waals surface area contributed by atoms with E-state index in [0.29, 0.717) is 0 Å². The predicted molar refractivity (Wildman–Crippen MR) is 98.7 cm³/mol. The first kappa shape index (κ1) is 28.0. The molecule has 0 bridgehead atoms. The molecule has 0 aliphatic rings. The summed E-state index contributed by atoms with van der Waals surface area (Å²) in [6.45, 7) is 0. The minimum Gasteiger partial charge on any atom is -0.716 e. The van der Waals surface area contributed by atoms with Crippen molar-refractivity contribution in [3.05, 3.63) is 89.7 Å². The van der Waals surface area contributed by atoms with Gasteiger partial charge in [-0.05, 0) is 53.1 Å². The minimum absolute atomic E-state index is 0. The van der Waals surface area contributed by atoms with Crippen molar-refractivity contribution in [2.45, 2.75) is 5.92 Å². The van der Waals surface area contributed by atoms with E-state index < -0.39 is 20.8 Å². The zero-order valence-electron chi connectivity index (χ0n) is 16.5. The number of pyridine rings is 1. The molecule has 0 aliphatic carbocycles. The van der Waals surface area contributed by atoms with Crippen molar-refractivity contribution < 1.29 is 93.4 Å². The van der Waals surface area contributed by atoms with Gasteiger partial charge in [-0.15, -0.1) is 0 Å². The monoisotopic (exact) mass is 481 g/mol. The summed E-state index contributed by atoms with van der Waals surface area (Å²) in [4.78, 5) is 3.98. The van der Waals surface area contributed by atoms with Crippen LogP contribution >= 0.6 is 0 Å². The number of nitrogens with zero attached hydrogens (tertiary/aromatic N) is 1. The molecule has 0 saturated carbocycles. The van der Waals surface area contributed by atoms with Gasteiger partial charge in [0.2, 0.25) is 0 Å². The largest absolute Gasteiger partial charge is 1.00 e. The van der Waals surface area contributed by atoms with Crippen molar-refractivity contribution >= 4 is 20.8 Å². The van der Waals surface area contributed by atoms with Gasteiger partial charge in [-0.25, -0.2) is 16.8 Å². The zero-order chi connectivity index (χ0) is 21.1. The van der Waals surface area contributed by atoms with Gasteiger partial charge in [0.15, 0.2) is 0 Å². The van der Waals surface area contributed by atoms with Crippen molar-refractivity contribution in [2.24, 2.45) is 0 Å². The number of hydrogen-bond donors (Lipinski definition) is 0. The van der Waals surface area contributed by atoms with Crippen molar-refractivity contribution in [2.75, 3.05) is 0 Å². The van der Waals surface area contributed by atoms with Crippen molar-refractivity contribution in [3.8, 4) is 11.5 Å². The second kappa shape index (κ2) is 11.8. The Morgan fingerprint density at radius 1 is 0.613 bits per heavy atom. The van der Waals surface area contributed by atoms with Crippen LogP contribution in [0.4, 0.5) is 0 Å². The Labute approximate surface area is 224 Å². The second-order valence-corrected chi connectivity index (χ2v) is 7.80. The van der Waals surface area contributed by atoms with Crippen LogP contribution in [0.5, 0.6) is 11.5 Å². The topological polar surface area (TPSA) is 146 Å². The Hall–Kier alpha value is -0.990. The third-order valence-electron chi connectivity index (χ3n) is 3.86. The van der Waals surface area contributed by atoms with Gasteiger partial charge in [0, 0.05) is 18.3 Å². The van der Waals surface area contributed by atoms with E-state index in [1.165, 1.54) is 24.3 Å². The van der Waals surface area contributed by atoms with Crippen LogP contribution in [0.2, 0.25) is 0 Å². The van der Waals surface area contributed by atoms with Crippen LogP contribution in [-0.2, 0) is 20.8 Å². The molecule has 0 atom stereocenters. The molecule has 0 radical (unpaired) electrons. The summed E-state index contributed by atoms with van der Waals surface area (Å²) in [5, 5.41) is 0. The molecule has 31 heavy (non-hydrogen) atoms. The first-order valence-corrected chi connectivity index (χ1v) is 10.7. The molecular formula is C18H13NNa2O8S2. The molecule has 1 aromatic heterocycles. The Bertz CT molecular complexity index is 1110. The van der Waals surface area contributed by atoms with E-state index in [4.69, 9.17) is 0 Å². The maximum Gasteiger partial charge on any atom is 1.00 e. The zero-order valence-corrected chi connectivity index (χ0v) is 22.2. The van der Waals surface area contributed by atoms with Crippen LogP contribution in [0.15, 0.2) is 73.1 Å². The van der Waals surface area contributed by atoms with Crippen molar-refractivity contribution in [1.29, 1.82) is 0 Å². The molecule has 9 nitrogen and oxygen atoms in total. The Morgan fingerprint density at radius 2 is 0.935 bits per heavy atom. The Morgan fingerprint density at radius 3 is 1.26 bits per heavy atom. The van der Waals surface area contributed by atoms with Crippen molar-refractivity contribution in [3.63, 3.8) is 0 Å². The number of benzene rings is 2. The third-order valence-corrected chi connectivity index (χ3v) is 4.66. The molecule has 152 valence electrons. The van der Waals surface area contributed by atoms with E-state index in [-0.39, 0.29) is 76.5 Å². The summed E-state index contributed by atoms with van der Waals surface area (Å²) in [6.07, 6.45) is 3.20. The van der Waals surface area contributed by atoms with E-state index in [1.54, 1.807) is 48.8 Å².